The fourth-order valence-corrected chi connectivity index (χ4v) is 3.23. The Kier molecular flexibility index (Phi) is 4.68. The van der Waals surface area contributed by atoms with Crippen LogP contribution in [0.25, 0.3) is 5.69 Å². The monoisotopic (exact) mass is 333 g/mol. The Hall–Kier alpha value is -1.85. The van der Waals surface area contributed by atoms with E-state index in [1.807, 2.05) is 19.1 Å². The number of carboxylic acid groups (broad SMARTS) is 1. The molecular formula is C17H20ClN3O2. The second-order valence-corrected chi connectivity index (χ2v) is 6.45. The molecule has 1 aromatic carbocycles. The summed E-state index contributed by atoms with van der Waals surface area (Å²) < 4.78 is 1.77. The van der Waals surface area contributed by atoms with Gasteiger partial charge >= 0.3 is 5.97 Å². The fourth-order valence-electron chi connectivity index (χ4n) is 3.10. The van der Waals surface area contributed by atoms with Gasteiger partial charge in [-0.3, -0.25) is 9.69 Å². The maximum absolute atomic E-state index is 10.9. The number of carbonyl (C=O) groups is 1. The average molecular weight is 334 g/mol. The molecule has 1 unspecified atom stereocenters. The lowest BCUT2D eigenvalue weighted by molar-refractivity contribution is -0.138. The number of likely N-dealkylation sites (tertiary alicyclic amines) is 1. The molecule has 2 heterocycles. The molecular weight excluding hydrogens is 314 g/mol. The van der Waals surface area contributed by atoms with Crippen LogP contribution in [0.15, 0.2) is 30.5 Å². The predicted octanol–water partition coefficient (Wildman–Crippen LogP) is 3.27. The smallest absolute Gasteiger partial charge is 0.304 e. The van der Waals surface area contributed by atoms with Crippen molar-refractivity contribution in [3.63, 3.8) is 0 Å². The van der Waals surface area contributed by atoms with Crippen molar-refractivity contribution in [2.45, 2.75) is 38.8 Å². The van der Waals surface area contributed by atoms with Crippen molar-refractivity contribution in [3.8, 4) is 5.69 Å². The Balaban J connectivity index is 1.69. The minimum absolute atomic E-state index is 0.153. The van der Waals surface area contributed by atoms with E-state index >= 15 is 0 Å². The number of hydrogen-bond acceptors (Lipinski definition) is 3. The molecule has 1 aliphatic heterocycles. The lowest BCUT2D eigenvalue weighted by Crippen LogP contribution is -2.30. The van der Waals surface area contributed by atoms with E-state index < -0.39 is 5.97 Å². The first-order valence-electron chi connectivity index (χ1n) is 7.80. The van der Waals surface area contributed by atoms with Crippen LogP contribution in [-0.4, -0.2) is 38.3 Å². The maximum atomic E-state index is 10.9. The zero-order valence-electron chi connectivity index (χ0n) is 13.1. The van der Waals surface area contributed by atoms with Crippen molar-refractivity contribution in [1.82, 2.24) is 14.7 Å². The fraction of sp³-hybridized carbons (Fsp3) is 0.412. The molecule has 1 saturated heterocycles. The van der Waals surface area contributed by atoms with E-state index in [9.17, 15) is 4.79 Å². The first-order valence-corrected chi connectivity index (χ1v) is 8.17. The van der Waals surface area contributed by atoms with Crippen LogP contribution in [0.4, 0.5) is 0 Å². The van der Waals surface area contributed by atoms with Crippen molar-refractivity contribution in [2.24, 2.45) is 0 Å². The van der Waals surface area contributed by atoms with Gasteiger partial charge in [-0.25, -0.2) is 4.68 Å². The summed E-state index contributed by atoms with van der Waals surface area (Å²) in [6, 6.07) is 8.31. The highest BCUT2D eigenvalue weighted by atomic mass is 35.5. The number of nitrogens with zero attached hydrogens (tertiary/aromatic N) is 3. The normalized spacial score (nSPS) is 18.4. The largest absolute Gasteiger partial charge is 0.481 e. The Morgan fingerprint density at radius 3 is 2.74 bits per heavy atom. The van der Waals surface area contributed by atoms with Gasteiger partial charge in [-0.15, -0.1) is 0 Å². The highest BCUT2D eigenvalue weighted by Crippen LogP contribution is 2.23. The molecule has 0 radical (unpaired) electrons. The van der Waals surface area contributed by atoms with Crippen molar-refractivity contribution in [1.29, 1.82) is 0 Å². The molecule has 23 heavy (non-hydrogen) atoms. The van der Waals surface area contributed by atoms with Crippen molar-refractivity contribution < 1.29 is 9.90 Å². The number of carboxylic acids is 1. The highest BCUT2D eigenvalue weighted by Gasteiger charge is 2.26. The van der Waals surface area contributed by atoms with Gasteiger partial charge in [0.25, 0.3) is 0 Å². The van der Waals surface area contributed by atoms with Crippen LogP contribution in [0.1, 0.15) is 30.5 Å². The second kappa shape index (κ2) is 6.72. The summed E-state index contributed by atoms with van der Waals surface area (Å²) in [5, 5.41) is 14.0. The van der Waals surface area contributed by atoms with E-state index in [2.05, 4.69) is 22.1 Å². The molecule has 0 saturated carbocycles. The summed E-state index contributed by atoms with van der Waals surface area (Å²) in [7, 11) is 0. The van der Waals surface area contributed by atoms with Crippen LogP contribution in [0, 0.1) is 6.92 Å². The van der Waals surface area contributed by atoms with Gasteiger partial charge in [0, 0.05) is 18.8 Å². The molecule has 122 valence electrons. The number of hydrogen-bond donors (Lipinski definition) is 1. The molecule has 0 bridgehead atoms. The van der Waals surface area contributed by atoms with Gasteiger partial charge in [-0.05, 0) is 44.0 Å². The van der Waals surface area contributed by atoms with Gasteiger partial charge in [0.1, 0.15) is 0 Å². The molecule has 0 amide bonds. The zero-order chi connectivity index (χ0) is 16.4. The van der Waals surface area contributed by atoms with Crippen LogP contribution in [-0.2, 0) is 11.3 Å². The van der Waals surface area contributed by atoms with E-state index in [0.717, 1.165) is 37.3 Å². The van der Waals surface area contributed by atoms with Crippen LogP contribution < -0.4 is 0 Å². The van der Waals surface area contributed by atoms with Gasteiger partial charge in [0.2, 0.25) is 0 Å². The van der Waals surface area contributed by atoms with Crippen molar-refractivity contribution >= 4 is 17.6 Å². The van der Waals surface area contributed by atoms with E-state index in [1.54, 1.807) is 10.9 Å². The number of benzene rings is 1. The topological polar surface area (TPSA) is 58.4 Å². The highest BCUT2D eigenvalue weighted by molar-refractivity contribution is 6.31. The summed E-state index contributed by atoms with van der Waals surface area (Å²) >= 11 is 6.04. The molecule has 1 atom stereocenters. The van der Waals surface area contributed by atoms with Gasteiger partial charge in [-0.2, -0.15) is 5.10 Å². The molecule has 1 aromatic heterocycles. The van der Waals surface area contributed by atoms with Crippen LogP contribution in [0.5, 0.6) is 0 Å². The third-order valence-electron chi connectivity index (χ3n) is 4.33. The Bertz CT molecular complexity index is 677. The van der Waals surface area contributed by atoms with Gasteiger partial charge in [0.15, 0.2) is 0 Å². The molecule has 3 rings (SSSR count). The summed E-state index contributed by atoms with van der Waals surface area (Å²) in [5.74, 6) is -0.719. The number of aromatic nitrogens is 2. The van der Waals surface area contributed by atoms with Crippen molar-refractivity contribution in [3.05, 3.63) is 46.7 Å². The molecule has 1 aliphatic rings. The molecule has 0 aliphatic carbocycles. The van der Waals surface area contributed by atoms with Crippen LogP contribution in [0.2, 0.25) is 5.02 Å². The zero-order valence-corrected chi connectivity index (χ0v) is 13.8. The van der Waals surface area contributed by atoms with Crippen LogP contribution in [0.3, 0.4) is 0 Å². The third kappa shape index (κ3) is 3.74. The molecule has 5 nitrogen and oxygen atoms in total. The lowest BCUT2D eigenvalue weighted by Gasteiger charge is -2.23. The summed E-state index contributed by atoms with van der Waals surface area (Å²) in [6.45, 7) is 3.63. The number of halogens is 1. The van der Waals surface area contributed by atoms with E-state index in [0.29, 0.717) is 5.02 Å². The Morgan fingerprint density at radius 2 is 2.13 bits per heavy atom. The summed E-state index contributed by atoms with van der Waals surface area (Å²) in [5.41, 5.74) is 2.96. The SMILES string of the molecule is Cc1nn(-c2ccc(CN3CCCC3CC(=O)O)cc2)cc1Cl. The lowest BCUT2D eigenvalue weighted by atomic mass is 10.1. The van der Waals surface area contributed by atoms with Gasteiger partial charge in [0.05, 0.1) is 22.8 Å². The number of aryl methyl sites for hydroxylation is 1. The Labute approximate surface area is 140 Å². The molecule has 6 heteroatoms. The number of rotatable bonds is 5. The maximum Gasteiger partial charge on any atom is 0.304 e. The third-order valence-corrected chi connectivity index (χ3v) is 4.71. The average Bonchev–Trinajstić information content (AvgIpc) is 3.07. The van der Waals surface area contributed by atoms with E-state index in [1.165, 1.54) is 5.56 Å². The predicted molar refractivity (Wildman–Crippen MR) is 89.0 cm³/mol. The first kappa shape index (κ1) is 16.0. The van der Waals surface area contributed by atoms with Crippen molar-refractivity contribution in [2.75, 3.05) is 6.54 Å². The van der Waals surface area contributed by atoms with E-state index in [-0.39, 0.29) is 12.5 Å². The summed E-state index contributed by atoms with van der Waals surface area (Å²) in [4.78, 5) is 13.2. The first-order chi connectivity index (χ1) is 11.0. The minimum Gasteiger partial charge on any atom is -0.481 e. The van der Waals surface area contributed by atoms with Gasteiger partial charge < -0.3 is 5.11 Å². The minimum atomic E-state index is -0.719. The second-order valence-electron chi connectivity index (χ2n) is 6.04. The number of aliphatic carboxylic acids is 1. The van der Waals surface area contributed by atoms with Gasteiger partial charge in [-0.1, -0.05) is 23.7 Å². The van der Waals surface area contributed by atoms with E-state index in [4.69, 9.17) is 16.7 Å². The molecule has 2 aromatic rings. The molecule has 1 N–H and O–H groups in total. The quantitative estimate of drug-likeness (QED) is 0.912. The standard InChI is InChI=1S/C17H20ClN3O2/c1-12-16(18)11-21(19-12)14-6-4-13(5-7-14)10-20-8-2-3-15(20)9-17(22)23/h4-7,11,15H,2-3,8-10H2,1H3,(H,22,23). The molecule has 1 fully saturated rings. The summed E-state index contributed by atoms with van der Waals surface area (Å²) in [6.07, 6.45) is 4.06. The van der Waals surface area contributed by atoms with Crippen LogP contribution >= 0.6 is 11.6 Å². The molecule has 0 spiro atoms. The Morgan fingerprint density at radius 1 is 1.39 bits per heavy atom.